The number of rotatable bonds is 3. The first-order valence-electron chi connectivity index (χ1n) is 8.58. The van der Waals surface area contributed by atoms with Crippen molar-refractivity contribution in [3.8, 4) is 0 Å². The molecule has 0 aromatic carbocycles. The number of piperidine rings is 1. The van der Waals surface area contributed by atoms with Gasteiger partial charge in [0.05, 0.1) is 11.6 Å². The molecule has 3 rings (SSSR count). The van der Waals surface area contributed by atoms with Crippen LogP contribution in [0.2, 0.25) is 0 Å². The third-order valence-corrected chi connectivity index (χ3v) is 4.85. The molecule has 1 aliphatic heterocycles. The number of carbonyl (C=O) groups is 1. The highest BCUT2D eigenvalue weighted by Crippen LogP contribution is 2.23. The smallest absolute Gasteiger partial charge is 0.225 e. The van der Waals surface area contributed by atoms with Gasteiger partial charge in [0.25, 0.3) is 0 Å². The molecule has 5 nitrogen and oxygen atoms in total. The summed E-state index contributed by atoms with van der Waals surface area (Å²) in [5.41, 5.74) is 0.923. The number of carbonyl (C=O) groups excluding carboxylic acids is 1. The van der Waals surface area contributed by atoms with Gasteiger partial charge < -0.3 is 10.2 Å². The molecule has 2 heterocycles. The summed E-state index contributed by atoms with van der Waals surface area (Å²) in [7, 11) is 0. The molecule has 1 N–H and O–H groups in total. The monoisotopic (exact) mass is 302 g/mol. The minimum Gasteiger partial charge on any atom is -0.354 e. The van der Waals surface area contributed by atoms with Gasteiger partial charge in [-0.1, -0.05) is 19.3 Å². The highest BCUT2D eigenvalue weighted by Gasteiger charge is 2.28. The zero-order valence-electron chi connectivity index (χ0n) is 13.4. The first kappa shape index (κ1) is 15.3. The van der Waals surface area contributed by atoms with Crippen LogP contribution < -0.4 is 10.2 Å². The van der Waals surface area contributed by atoms with Gasteiger partial charge in [-0.15, -0.1) is 5.10 Å². The lowest BCUT2D eigenvalue weighted by molar-refractivity contribution is -0.126. The molecule has 120 valence electrons. The van der Waals surface area contributed by atoms with Gasteiger partial charge in [-0.3, -0.25) is 4.79 Å². The van der Waals surface area contributed by atoms with E-state index < -0.39 is 0 Å². The van der Waals surface area contributed by atoms with Crippen molar-refractivity contribution < 1.29 is 4.79 Å². The quantitative estimate of drug-likeness (QED) is 0.932. The van der Waals surface area contributed by atoms with E-state index in [0.717, 1.165) is 50.3 Å². The topological polar surface area (TPSA) is 58.1 Å². The molecule has 5 heteroatoms. The zero-order valence-corrected chi connectivity index (χ0v) is 13.4. The van der Waals surface area contributed by atoms with Crippen LogP contribution in [0.15, 0.2) is 12.1 Å². The third kappa shape index (κ3) is 3.76. The van der Waals surface area contributed by atoms with Crippen molar-refractivity contribution in [3.63, 3.8) is 0 Å². The predicted octanol–water partition coefficient (Wildman–Crippen LogP) is 2.45. The van der Waals surface area contributed by atoms with Gasteiger partial charge in [-0.2, -0.15) is 5.10 Å². The summed E-state index contributed by atoms with van der Waals surface area (Å²) in [6.07, 6.45) is 8.13. The lowest BCUT2D eigenvalue weighted by Gasteiger charge is -2.34. The van der Waals surface area contributed by atoms with Crippen molar-refractivity contribution in [2.24, 2.45) is 5.92 Å². The van der Waals surface area contributed by atoms with Crippen LogP contribution in [0.25, 0.3) is 0 Å². The van der Waals surface area contributed by atoms with Crippen molar-refractivity contribution in [1.82, 2.24) is 15.5 Å². The molecular weight excluding hydrogens is 276 g/mol. The lowest BCUT2D eigenvalue weighted by Crippen LogP contribution is -2.46. The molecule has 1 aliphatic carbocycles. The van der Waals surface area contributed by atoms with Crippen LogP contribution in [0.1, 0.15) is 50.6 Å². The van der Waals surface area contributed by atoms with Crippen LogP contribution in [0.4, 0.5) is 5.82 Å². The number of aromatic nitrogens is 2. The number of anilines is 1. The molecule has 1 aromatic rings. The first-order chi connectivity index (χ1) is 10.7. The van der Waals surface area contributed by atoms with Crippen molar-refractivity contribution in [1.29, 1.82) is 0 Å². The van der Waals surface area contributed by atoms with Crippen molar-refractivity contribution >= 4 is 11.7 Å². The van der Waals surface area contributed by atoms with E-state index >= 15 is 0 Å². The summed E-state index contributed by atoms with van der Waals surface area (Å²) in [4.78, 5) is 14.7. The number of amides is 1. The fourth-order valence-electron chi connectivity index (χ4n) is 3.53. The highest BCUT2D eigenvalue weighted by molar-refractivity contribution is 5.79. The molecule has 2 fully saturated rings. The molecule has 1 amide bonds. The van der Waals surface area contributed by atoms with E-state index in [1.54, 1.807) is 0 Å². The molecule has 0 bridgehead atoms. The summed E-state index contributed by atoms with van der Waals surface area (Å²) < 4.78 is 0. The Balaban J connectivity index is 1.57. The second kappa shape index (κ2) is 7.07. The Morgan fingerprint density at radius 3 is 2.68 bits per heavy atom. The second-order valence-electron chi connectivity index (χ2n) is 6.66. The van der Waals surface area contributed by atoms with Gasteiger partial charge in [0, 0.05) is 19.1 Å². The van der Waals surface area contributed by atoms with Gasteiger partial charge in [-0.25, -0.2) is 0 Å². The van der Waals surface area contributed by atoms with Crippen molar-refractivity contribution in [2.45, 2.75) is 57.9 Å². The Morgan fingerprint density at radius 2 is 1.95 bits per heavy atom. The Morgan fingerprint density at radius 1 is 1.14 bits per heavy atom. The summed E-state index contributed by atoms with van der Waals surface area (Å²) >= 11 is 0. The van der Waals surface area contributed by atoms with E-state index in [1.807, 2.05) is 19.1 Å². The number of hydrogen-bond donors (Lipinski definition) is 1. The van der Waals surface area contributed by atoms with Crippen LogP contribution in [0, 0.1) is 12.8 Å². The fourth-order valence-corrected chi connectivity index (χ4v) is 3.53. The fraction of sp³-hybridized carbons (Fsp3) is 0.706. The number of nitrogens with zero attached hydrogens (tertiary/aromatic N) is 3. The summed E-state index contributed by atoms with van der Waals surface area (Å²) in [6, 6.07) is 4.38. The van der Waals surface area contributed by atoms with Gasteiger partial charge in [0.2, 0.25) is 5.91 Å². The summed E-state index contributed by atoms with van der Waals surface area (Å²) in [6.45, 7) is 3.66. The van der Waals surface area contributed by atoms with Gasteiger partial charge >= 0.3 is 0 Å². The molecule has 0 radical (unpaired) electrons. The third-order valence-electron chi connectivity index (χ3n) is 4.85. The second-order valence-corrected chi connectivity index (χ2v) is 6.66. The van der Waals surface area contributed by atoms with Crippen LogP contribution in [0.3, 0.4) is 0 Å². The molecule has 1 atom stereocenters. The van der Waals surface area contributed by atoms with E-state index in [0.29, 0.717) is 6.04 Å². The summed E-state index contributed by atoms with van der Waals surface area (Å²) in [5.74, 6) is 1.20. The molecule has 2 aliphatic rings. The predicted molar refractivity (Wildman–Crippen MR) is 86.7 cm³/mol. The largest absolute Gasteiger partial charge is 0.354 e. The van der Waals surface area contributed by atoms with Gasteiger partial charge in [0.15, 0.2) is 5.82 Å². The maximum atomic E-state index is 12.5. The van der Waals surface area contributed by atoms with Gasteiger partial charge in [-0.05, 0) is 44.7 Å². The lowest BCUT2D eigenvalue weighted by atomic mass is 9.93. The number of aryl methyl sites for hydroxylation is 1. The maximum absolute atomic E-state index is 12.5. The minimum absolute atomic E-state index is 0.0822. The van der Waals surface area contributed by atoms with Crippen LogP contribution in [-0.2, 0) is 4.79 Å². The molecule has 22 heavy (non-hydrogen) atoms. The normalized spacial score (nSPS) is 23.3. The van der Waals surface area contributed by atoms with E-state index in [1.165, 1.54) is 19.3 Å². The number of hydrogen-bond acceptors (Lipinski definition) is 4. The molecular formula is C17H26N4O. The Labute approximate surface area is 132 Å². The molecule has 1 saturated carbocycles. The SMILES string of the molecule is Cc1ccc(N2CCCC(C(=O)NC3CCCCC3)C2)nn1. The average molecular weight is 302 g/mol. The Kier molecular flexibility index (Phi) is 4.90. The van der Waals surface area contributed by atoms with Crippen molar-refractivity contribution in [3.05, 3.63) is 17.8 Å². The maximum Gasteiger partial charge on any atom is 0.225 e. The molecule has 1 saturated heterocycles. The first-order valence-corrected chi connectivity index (χ1v) is 8.58. The highest BCUT2D eigenvalue weighted by atomic mass is 16.2. The Hall–Kier alpha value is -1.65. The van der Waals surface area contributed by atoms with Crippen molar-refractivity contribution in [2.75, 3.05) is 18.0 Å². The van der Waals surface area contributed by atoms with E-state index in [2.05, 4.69) is 20.4 Å². The molecule has 1 aromatic heterocycles. The average Bonchev–Trinajstić information content (AvgIpc) is 2.56. The van der Waals surface area contributed by atoms with E-state index in [9.17, 15) is 4.79 Å². The van der Waals surface area contributed by atoms with E-state index in [4.69, 9.17) is 0 Å². The minimum atomic E-state index is 0.0822. The number of nitrogens with one attached hydrogen (secondary N) is 1. The summed E-state index contributed by atoms with van der Waals surface area (Å²) in [5, 5.41) is 11.6. The molecule has 1 unspecified atom stereocenters. The zero-order chi connectivity index (χ0) is 15.4. The van der Waals surface area contributed by atoms with E-state index in [-0.39, 0.29) is 11.8 Å². The van der Waals surface area contributed by atoms with Gasteiger partial charge in [0.1, 0.15) is 0 Å². The molecule has 0 spiro atoms. The van der Waals surface area contributed by atoms with Crippen LogP contribution in [-0.4, -0.2) is 35.2 Å². The van der Waals surface area contributed by atoms with Crippen LogP contribution in [0.5, 0.6) is 0 Å². The van der Waals surface area contributed by atoms with Crippen LogP contribution >= 0.6 is 0 Å². The Bertz CT molecular complexity index is 496. The standard InChI is InChI=1S/C17H26N4O/c1-13-9-10-16(20-19-13)21-11-5-6-14(12-21)17(22)18-15-7-3-2-4-8-15/h9-10,14-15H,2-8,11-12H2,1H3,(H,18,22).